The first kappa shape index (κ1) is 10.7. The van der Waals surface area contributed by atoms with Crippen LogP contribution in [0, 0.1) is 11.3 Å². The van der Waals surface area contributed by atoms with E-state index in [-0.39, 0.29) is 0 Å². The van der Waals surface area contributed by atoms with Gasteiger partial charge in [0.15, 0.2) is 0 Å². The monoisotopic (exact) mass is 272 g/mol. The summed E-state index contributed by atoms with van der Waals surface area (Å²) in [6.45, 7) is 0. The maximum absolute atomic E-state index is 8.90. The molecule has 3 heteroatoms. The Morgan fingerprint density at radius 2 is 1.88 bits per heavy atom. The van der Waals surface area contributed by atoms with Crippen LogP contribution in [0.4, 0.5) is 5.69 Å². The van der Waals surface area contributed by atoms with Crippen molar-refractivity contribution >= 4 is 21.6 Å². The van der Waals surface area contributed by atoms with Crippen molar-refractivity contribution in [2.45, 2.75) is 0 Å². The summed E-state index contributed by atoms with van der Waals surface area (Å²) in [5.74, 6) is 0. The molecule has 0 atom stereocenters. The maximum Gasteiger partial charge on any atom is 0.0992 e. The van der Waals surface area contributed by atoms with Gasteiger partial charge in [0.2, 0.25) is 0 Å². The van der Waals surface area contributed by atoms with Gasteiger partial charge in [-0.25, -0.2) is 0 Å². The van der Waals surface area contributed by atoms with Gasteiger partial charge < -0.3 is 5.73 Å². The van der Waals surface area contributed by atoms with Crippen molar-refractivity contribution in [1.29, 1.82) is 5.26 Å². The minimum Gasteiger partial charge on any atom is -0.398 e. The molecule has 0 aliphatic heterocycles. The summed E-state index contributed by atoms with van der Waals surface area (Å²) in [6, 6.07) is 15.3. The number of benzene rings is 2. The molecular formula is C13H9BrN2. The number of nitrogens with zero attached hydrogens (tertiary/aromatic N) is 1. The van der Waals surface area contributed by atoms with Crippen LogP contribution < -0.4 is 5.73 Å². The molecule has 0 spiro atoms. The van der Waals surface area contributed by atoms with Gasteiger partial charge in [-0.15, -0.1) is 0 Å². The third-order valence-corrected chi connectivity index (χ3v) is 2.76. The van der Waals surface area contributed by atoms with Crippen molar-refractivity contribution in [1.82, 2.24) is 0 Å². The van der Waals surface area contributed by atoms with Crippen molar-refractivity contribution in [2.24, 2.45) is 0 Å². The third kappa shape index (κ3) is 2.07. The van der Waals surface area contributed by atoms with Crippen LogP contribution in [0.3, 0.4) is 0 Å². The number of nitriles is 1. The molecule has 0 saturated heterocycles. The number of nitrogen functional groups attached to an aromatic ring is 1. The Morgan fingerprint density at radius 3 is 2.56 bits per heavy atom. The molecule has 0 aromatic heterocycles. The molecule has 0 fully saturated rings. The van der Waals surface area contributed by atoms with Crippen molar-refractivity contribution in [3.8, 4) is 17.2 Å². The fraction of sp³-hybridized carbons (Fsp3) is 0. The Labute approximate surface area is 102 Å². The highest BCUT2D eigenvalue weighted by atomic mass is 79.9. The van der Waals surface area contributed by atoms with Gasteiger partial charge in [-0.05, 0) is 29.8 Å². The smallest absolute Gasteiger partial charge is 0.0992 e. The van der Waals surface area contributed by atoms with E-state index >= 15 is 0 Å². The van der Waals surface area contributed by atoms with E-state index in [9.17, 15) is 0 Å². The quantitative estimate of drug-likeness (QED) is 0.807. The third-order valence-electron chi connectivity index (χ3n) is 2.30. The van der Waals surface area contributed by atoms with E-state index < -0.39 is 0 Å². The fourth-order valence-electron chi connectivity index (χ4n) is 1.57. The Hall–Kier alpha value is -1.79. The lowest BCUT2D eigenvalue weighted by Gasteiger charge is -2.06. The first-order valence-corrected chi connectivity index (χ1v) is 5.55. The van der Waals surface area contributed by atoms with E-state index in [0.717, 1.165) is 15.6 Å². The van der Waals surface area contributed by atoms with Gasteiger partial charge in [-0.2, -0.15) is 5.26 Å². The topological polar surface area (TPSA) is 49.8 Å². The number of hydrogen-bond acceptors (Lipinski definition) is 2. The molecular weight excluding hydrogens is 264 g/mol. The van der Waals surface area contributed by atoms with Gasteiger partial charge in [0.25, 0.3) is 0 Å². The van der Waals surface area contributed by atoms with E-state index in [1.54, 1.807) is 6.07 Å². The van der Waals surface area contributed by atoms with Crippen molar-refractivity contribution in [3.05, 3.63) is 52.5 Å². The molecule has 16 heavy (non-hydrogen) atoms. The average Bonchev–Trinajstić information content (AvgIpc) is 2.28. The lowest BCUT2D eigenvalue weighted by molar-refractivity contribution is 1.47. The van der Waals surface area contributed by atoms with Gasteiger partial charge in [-0.3, -0.25) is 0 Å². The van der Waals surface area contributed by atoms with Crippen LogP contribution >= 0.6 is 15.9 Å². The van der Waals surface area contributed by atoms with Crippen LogP contribution in [0.2, 0.25) is 0 Å². The Kier molecular flexibility index (Phi) is 2.93. The fourth-order valence-corrected chi connectivity index (χ4v) is 2.06. The summed E-state index contributed by atoms with van der Waals surface area (Å²) in [5.41, 5.74) is 9.12. The SMILES string of the molecule is N#Cc1cc(Br)cc(-c2ccccc2N)c1. The first-order valence-electron chi connectivity index (χ1n) is 4.76. The average molecular weight is 273 g/mol. The number of anilines is 1. The molecule has 0 radical (unpaired) electrons. The standard InChI is InChI=1S/C13H9BrN2/c14-11-6-9(8-15)5-10(7-11)12-3-1-2-4-13(12)16/h1-7H,16H2. The Balaban J connectivity index is 2.61. The molecule has 0 aliphatic rings. The normalized spacial score (nSPS) is 9.75. The summed E-state index contributed by atoms with van der Waals surface area (Å²) in [6.07, 6.45) is 0. The summed E-state index contributed by atoms with van der Waals surface area (Å²) in [5, 5.41) is 8.90. The molecule has 0 bridgehead atoms. The molecule has 0 aliphatic carbocycles. The van der Waals surface area contributed by atoms with Crippen LogP contribution in [0.25, 0.3) is 11.1 Å². The predicted molar refractivity (Wildman–Crippen MR) is 68.7 cm³/mol. The largest absolute Gasteiger partial charge is 0.398 e. The van der Waals surface area contributed by atoms with Crippen LogP contribution in [0.5, 0.6) is 0 Å². The van der Waals surface area contributed by atoms with Gasteiger partial charge in [-0.1, -0.05) is 34.1 Å². The summed E-state index contributed by atoms with van der Waals surface area (Å²) in [7, 11) is 0. The summed E-state index contributed by atoms with van der Waals surface area (Å²) in [4.78, 5) is 0. The lowest BCUT2D eigenvalue weighted by atomic mass is 10.0. The molecule has 0 saturated carbocycles. The second-order valence-corrected chi connectivity index (χ2v) is 4.34. The highest BCUT2D eigenvalue weighted by Gasteiger charge is 2.04. The lowest BCUT2D eigenvalue weighted by Crippen LogP contribution is -1.89. The van der Waals surface area contributed by atoms with Crippen molar-refractivity contribution < 1.29 is 0 Å². The van der Waals surface area contributed by atoms with Crippen LogP contribution in [0.1, 0.15) is 5.56 Å². The minimum atomic E-state index is 0.618. The summed E-state index contributed by atoms with van der Waals surface area (Å²) >= 11 is 3.38. The molecule has 2 nitrogen and oxygen atoms in total. The van der Waals surface area contributed by atoms with E-state index in [1.165, 1.54) is 0 Å². The van der Waals surface area contributed by atoms with Crippen LogP contribution in [-0.4, -0.2) is 0 Å². The van der Waals surface area contributed by atoms with E-state index in [1.807, 2.05) is 36.4 Å². The number of hydrogen-bond donors (Lipinski definition) is 1. The van der Waals surface area contributed by atoms with Gasteiger partial charge >= 0.3 is 0 Å². The number of rotatable bonds is 1. The van der Waals surface area contributed by atoms with Crippen molar-refractivity contribution in [3.63, 3.8) is 0 Å². The molecule has 2 rings (SSSR count). The zero-order valence-electron chi connectivity index (χ0n) is 8.44. The molecule has 0 heterocycles. The zero-order valence-corrected chi connectivity index (χ0v) is 10.0. The summed E-state index contributed by atoms with van der Waals surface area (Å²) < 4.78 is 0.879. The highest BCUT2D eigenvalue weighted by Crippen LogP contribution is 2.28. The molecule has 2 N–H and O–H groups in total. The minimum absolute atomic E-state index is 0.618. The van der Waals surface area contributed by atoms with Crippen LogP contribution in [-0.2, 0) is 0 Å². The molecule has 0 unspecified atom stereocenters. The van der Waals surface area contributed by atoms with E-state index in [2.05, 4.69) is 22.0 Å². The number of nitrogens with two attached hydrogens (primary N) is 1. The van der Waals surface area contributed by atoms with Gasteiger partial charge in [0.05, 0.1) is 11.6 Å². The van der Waals surface area contributed by atoms with Gasteiger partial charge in [0.1, 0.15) is 0 Å². The van der Waals surface area contributed by atoms with Crippen molar-refractivity contribution in [2.75, 3.05) is 5.73 Å². The molecule has 0 amide bonds. The molecule has 78 valence electrons. The molecule has 2 aromatic carbocycles. The maximum atomic E-state index is 8.90. The Morgan fingerprint density at radius 1 is 1.12 bits per heavy atom. The van der Waals surface area contributed by atoms with E-state index in [4.69, 9.17) is 11.0 Å². The number of para-hydroxylation sites is 1. The zero-order chi connectivity index (χ0) is 11.5. The Bertz CT molecular complexity index is 570. The van der Waals surface area contributed by atoms with Gasteiger partial charge in [0, 0.05) is 15.7 Å². The molecule has 2 aromatic rings. The second kappa shape index (κ2) is 4.38. The second-order valence-electron chi connectivity index (χ2n) is 3.43. The number of halogens is 1. The first-order chi connectivity index (χ1) is 7.70. The van der Waals surface area contributed by atoms with Crippen LogP contribution in [0.15, 0.2) is 46.9 Å². The predicted octanol–water partition coefficient (Wildman–Crippen LogP) is 3.57. The van der Waals surface area contributed by atoms with E-state index in [0.29, 0.717) is 11.3 Å². The highest BCUT2D eigenvalue weighted by molar-refractivity contribution is 9.10.